The Morgan fingerprint density at radius 3 is 2.10 bits per heavy atom. The zero-order valence-electron chi connectivity index (χ0n) is 17.0. The predicted molar refractivity (Wildman–Crippen MR) is 115 cm³/mol. The normalized spacial score (nSPS) is 16.4. The van der Waals surface area contributed by atoms with Crippen LogP contribution in [0.5, 0.6) is 0 Å². The van der Waals surface area contributed by atoms with E-state index in [-0.39, 0.29) is 16.8 Å². The lowest BCUT2D eigenvalue weighted by atomic mass is 9.94. The van der Waals surface area contributed by atoms with Crippen LogP contribution in [0.4, 0.5) is 0 Å². The van der Waals surface area contributed by atoms with Crippen molar-refractivity contribution in [1.29, 1.82) is 0 Å². The molecule has 0 radical (unpaired) electrons. The van der Waals surface area contributed by atoms with E-state index in [4.69, 9.17) is 11.6 Å². The molecule has 2 aromatic carbocycles. The SMILES string of the molecule is CCN(CC)S(=O)(=O)c1ccc(C(C)NC(=O)C2(c3ccc(Cl)cc3)CC2)cc1. The van der Waals surface area contributed by atoms with E-state index in [1.807, 2.05) is 45.0 Å². The molecule has 1 aliphatic carbocycles. The molecule has 29 heavy (non-hydrogen) atoms. The van der Waals surface area contributed by atoms with Gasteiger partial charge in [0.15, 0.2) is 0 Å². The van der Waals surface area contributed by atoms with Crippen molar-refractivity contribution in [3.05, 3.63) is 64.7 Å². The molecule has 0 bridgehead atoms. The Bertz CT molecular complexity index is 964. The molecule has 3 rings (SSSR count). The summed E-state index contributed by atoms with van der Waals surface area (Å²) >= 11 is 5.96. The molecule has 7 heteroatoms. The van der Waals surface area contributed by atoms with Gasteiger partial charge in [-0.1, -0.05) is 49.7 Å². The zero-order valence-corrected chi connectivity index (χ0v) is 18.6. The molecule has 1 atom stereocenters. The Kier molecular flexibility index (Phi) is 6.36. The largest absolute Gasteiger partial charge is 0.349 e. The quantitative estimate of drug-likeness (QED) is 0.674. The van der Waals surface area contributed by atoms with Crippen LogP contribution in [-0.4, -0.2) is 31.7 Å². The van der Waals surface area contributed by atoms with Gasteiger partial charge in [-0.25, -0.2) is 8.42 Å². The smallest absolute Gasteiger partial charge is 0.243 e. The molecule has 0 aromatic heterocycles. The van der Waals surface area contributed by atoms with Crippen molar-refractivity contribution in [2.24, 2.45) is 0 Å². The Balaban J connectivity index is 1.72. The van der Waals surface area contributed by atoms with E-state index in [1.165, 1.54) is 4.31 Å². The lowest BCUT2D eigenvalue weighted by Gasteiger charge is -2.21. The van der Waals surface area contributed by atoms with Crippen LogP contribution in [0.25, 0.3) is 0 Å². The van der Waals surface area contributed by atoms with E-state index in [0.717, 1.165) is 24.0 Å². The topological polar surface area (TPSA) is 66.5 Å². The number of nitrogens with zero attached hydrogens (tertiary/aromatic N) is 1. The highest BCUT2D eigenvalue weighted by Gasteiger charge is 2.51. The van der Waals surface area contributed by atoms with Gasteiger partial charge >= 0.3 is 0 Å². The Morgan fingerprint density at radius 2 is 1.62 bits per heavy atom. The molecule has 1 aliphatic rings. The Labute approximate surface area is 178 Å². The maximum absolute atomic E-state index is 12.9. The molecule has 0 heterocycles. The molecule has 1 unspecified atom stereocenters. The Hall–Kier alpha value is -1.89. The molecule has 1 N–H and O–H groups in total. The fourth-order valence-corrected chi connectivity index (χ4v) is 5.18. The fraction of sp³-hybridized carbons (Fsp3) is 0.409. The minimum Gasteiger partial charge on any atom is -0.349 e. The summed E-state index contributed by atoms with van der Waals surface area (Å²) in [4.78, 5) is 13.2. The fourth-order valence-electron chi connectivity index (χ4n) is 3.60. The number of amides is 1. The molecule has 5 nitrogen and oxygen atoms in total. The molecular formula is C22H27ClN2O3S. The third kappa shape index (κ3) is 4.34. The Morgan fingerprint density at radius 1 is 1.07 bits per heavy atom. The summed E-state index contributed by atoms with van der Waals surface area (Å²) in [5.74, 6) is -0.00726. The molecule has 1 fully saturated rings. The number of nitrogens with one attached hydrogen (secondary N) is 1. The van der Waals surface area contributed by atoms with Gasteiger partial charge in [0.1, 0.15) is 0 Å². The highest BCUT2D eigenvalue weighted by molar-refractivity contribution is 7.89. The van der Waals surface area contributed by atoms with E-state index in [9.17, 15) is 13.2 Å². The predicted octanol–water partition coefficient (Wildman–Crippen LogP) is 4.28. The van der Waals surface area contributed by atoms with Crippen molar-refractivity contribution in [2.75, 3.05) is 13.1 Å². The average Bonchev–Trinajstić information content (AvgIpc) is 3.51. The first kappa shape index (κ1) is 21.8. The van der Waals surface area contributed by atoms with Gasteiger partial charge in [0.25, 0.3) is 0 Å². The summed E-state index contributed by atoms with van der Waals surface area (Å²) in [6.07, 6.45) is 1.63. The van der Waals surface area contributed by atoms with Gasteiger partial charge < -0.3 is 5.32 Å². The number of sulfonamides is 1. The highest BCUT2D eigenvalue weighted by Crippen LogP contribution is 2.48. The van der Waals surface area contributed by atoms with Crippen molar-refractivity contribution in [2.45, 2.75) is 50.0 Å². The molecule has 2 aromatic rings. The van der Waals surface area contributed by atoms with Crippen LogP contribution in [0.1, 0.15) is 50.8 Å². The van der Waals surface area contributed by atoms with Gasteiger partial charge in [-0.05, 0) is 55.2 Å². The number of carbonyl (C=O) groups is 1. The van der Waals surface area contributed by atoms with Crippen LogP contribution in [-0.2, 0) is 20.2 Å². The second-order valence-corrected chi connectivity index (χ2v) is 9.82. The second-order valence-electron chi connectivity index (χ2n) is 7.44. The van der Waals surface area contributed by atoms with Crippen molar-refractivity contribution in [3.63, 3.8) is 0 Å². The number of hydrogen-bond donors (Lipinski definition) is 1. The van der Waals surface area contributed by atoms with Gasteiger partial charge in [-0.3, -0.25) is 4.79 Å². The number of rotatable bonds is 8. The number of halogens is 1. The maximum Gasteiger partial charge on any atom is 0.243 e. The van der Waals surface area contributed by atoms with Gasteiger partial charge in [-0.2, -0.15) is 4.31 Å². The van der Waals surface area contributed by atoms with Crippen LogP contribution in [0.2, 0.25) is 5.02 Å². The summed E-state index contributed by atoms with van der Waals surface area (Å²) in [5.41, 5.74) is 1.36. The van der Waals surface area contributed by atoms with Gasteiger partial charge in [0.2, 0.25) is 15.9 Å². The summed E-state index contributed by atoms with van der Waals surface area (Å²) in [6, 6.07) is 14.0. The van der Waals surface area contributed by atoms with E-state index in [2.05, 4.69) is 5.32 Å². The van der Waals surface area contributed by atoms with Crippen molar-refractivity contribution in [3.8, 4) is 0 Å². The molecule has 0 saturated heterocycles. The van der Waals surface area contributed by atoms with Crippen LogP contribution in [0.15, 0.2) is 53.4 Å². The van der Waals surface area contributed by atoms with E-state index in [0.29, 0.717) is 18.1 Å². The van der Waals surface area contributed by atoms with E-state index in [1.54, 1.807) is 24.3 Å². The number of hydrogen-bond acceptors (Lipinski definition) is 3. The van der Waals surface area contributed by atoms with Gasteiger partial charge in [0, 0.05) is 18.1 Å². The molecule has 0 aliphatic heterocycles. The van der Waals surface area contributed by atoms with Crippen molar-refractivity contribution in [1.82, 2.24) is 9.62 Å². The average molecular weight is 435 g/mol. The summed E-state index contributed by atoms with van der Waals surface area (Å²) in [7, 11) is -3.48. The van der Waals surface area contributed by atoms with E-state index >= 15 is 0 Å². The summed E-state index contributed by atoms with van der Waals surface area (Å²) in [5, 5.41) is 3.73. The number of carbonyl (C=O) groups excluding carboxylic acids is 1. The molecule has 0 spiro atoms. The van der Waals surface area contributed by atoms with Crippen LogP contribution < -0.4 is 5.32 Å². The van der Waals surface area contributed by atoms with Crippen molar-refractivity contribution < 1.29 is 13.2 Å². The third-order valence-corrected chi connectivity index (χ3v) is 7.97. The first-order chi connectivity index (χ1) is 13.7. The highest BCUT2D eigenvalue weighted by atomic mass is 35.5. The molecule has 1 saturated carbocycles. The monoisotopic (exact) mass is 434 g/mol. The lowest BCUT2D eigenvalue weighted by Crippen LogP contribution is -2.36. The second kappa shape index (κ2) is 8.46. The molecule has 1 amide bonds. The maximum atomic E-state index is 12.9. The van der Waals surface area contributed by atoms with Crippen molar-refractivity contribution >= 4 is 27.5 Å². The van der Waals surface area contributed by atoms with Crippen LogP contribution >= 0.6 is 11.6 Å². The van der Waals surface area contributed by atoms with Crippen LogP contribution in [0, 0.1) is 0 Å². The molecule has 156 valence electrons. The first-order valence-corrected chi connectivity index (χ1v) is 11.7. The standard InChI is InChI=1S/C22H27ClN2O3S/c1-4-25(5-2)29(27,28)20-12-6-17(7-13-20)16(3)24-21(26)22(14-15-22)18-8-10-19(23)11-9-18/h6-13,16H,4-5,14-15H2,1-3H3,(H,24,26). The minimum atomic E-state index is -3.48. The first-order valence-electron chi connectivity index (χ1n) is 9.91. The summed E-state index contributed by atoms with van der Waals surface area (Å²) in [6.45, 7) is 6.41. The van der Waals surface area contributed by atoms with Crippen LogP contribution in [0.3, 0.4) is 0 Å². The van der Waals surface area contributed by atoms with E-state index < -0.39 is 15.4 Å². The third-order valence-electron chi connectivity index (χ3n) is 5.65. The zero-order chi connectivity index (χ0) is 21.2. The lowest BCUT2D eigenvalue weighted by molar-refractivity contribution is -0.124. The number of benzene rings is 2. The van der Waals surface area contributed by atoms with Gasteiger partial charge in [-0.15, -0.1) is 0 Å². The minimum absolute atomic E-state index is 0.00726. The summed E-state index contributed by atoms with van der Waals surface area (Å²) < 4.78 is 26.7. The molecular weight excluding hydrogens is 408 g/mol. The van der Waals surface area contributed by atoms with Gasteiger partial charge in [0.05, 0.1) is 16.4 Å².